The van der Waals surface area contributed by atoms with Gasteiger partial charge in [0.1, 0.15) is 0 Å². The summed E-state index contributed by atoms with van der Waals surface area (Å²) < 4.78 is 1.51. The molecule has 0 aliphatic carbocycles. The lowest BCUT2D eigenvalue weighted by Crippen LogP contribution is -2.32. The van der Waals surface area contributed by atoms with Crippen LogP contribution in [0, 0.1) is 13.8 Å². The third-order valence-corrected chi connectivity index (χ3v) is 3.19. The molecule has 0 radical (unpaired) electrons. The first-order chi connectivity index (χ1) is 9.59. The highest BCUT2D eigenvalue weighted by Gasteiger charge is 2.06. The summed E-state index contributed by atoms with van der Waals surface area (Å²) in [4.78, 5) is 27.9. The van der Waals surface area contributed by atoms with Crippen molar-refractivity contribution in [2.45, 2.75) is 20.4 Å². The van der Waals surface area contributed by atoms with Crippen LogP contribution >= 0.6 is 0 Å². The monoisotopic (exact) mass is 271 g/mol. The van der Waals surface area contributed by atoms with Gasteiger partial charge in [0.15, 0.2) is 0 Å². The molecule has 0 aliphatic rings. The molecule has 0 saturated heterocycles. The second-order valence-corrected chi connectivity index (χ2v) is 4.58. The molecule has 20 heavy (non-hydrogen) atoms. The van der Waals surface area contributed by atoms with Gasteiger partial charge in [-0.25, -0.2) is 4.98 Å². The Labute approximate surface area is 117 Å². The van der Waals surface area contributed by atoms with Gasteiger partial charge >= 0.3 is 0 Å². The van der Waals surface area contributed by atoms with Crippen molar-refractivity contribution in [3.8, 4) is 0 Å². The van der Waals surface area contributed by atoms with E-state index in [2.05, 4.69) is 10.3 Å². The van der Waals surface area contributed by atoms with Crippen molar-refractivity contribution < 1.29 is 4.79 Å². The SMILES string of the molecule is Cc1ncn(CCNC(=O)c2ccccc2)c(=O)c1C. The second kappa shape index (κ2) is 6.14. The lowest BCUT2D eigenvalue weighted by molar-refractivity contribution is 0.0952. The zero-order chi connectivity index (χ0) is 14.5. The predicted octanol–water partition coefficient (Wildman–Crippen LogP) is 1.29. The number of hydrogen-bond acceptors (Lipinski definition) is 3. The Balaban J connectivity index is 1.96. The lowest BCUT2D eigenvalue weighted by Gasteiger charge is -2.09. The molecule has 0 fully saturated rings. The van der Waals surface area contributed by atoms with Gasteiger partial charge in [-0.05, 0) is 26.0 Å². The minimum absolute atomic E-state index is 0.0635. The molecule has 1 heterocycles. The van der Waals surface area contributed by atoms with Crippen molar-refractivity contribution in [1.29, 1.82) is 0 Å². The van der Waals surface area contributed by atoms with Gasteiger partial charge in [-0.1, -0.05) is 18.2 Å². The van der Waals surface area contributed by atoms with E-state index in [4.69, 9.17) is 0 Å². The minimum Gasteiger partial charge on any atom is -0.350 e. The van der Waals surface area contributed by atoms with Crippen molar-refractivity contribution in [3.63, 3.8) is 0 Å². The maximum Gasteiger partial charge on any atom is 0.256 e. The molecule has 1 aromatic carbocycles. The van der Waals surface area contributed by atoms with Crippen LogP contribution in [0.15, 0.2) is 41.5 Å². The van der Waals surface area contributed by atoms with Crippen molar-refractivity contribution in [2.75, 3.05) is 6.54 Å². The zero-order valence-electron chi connectivity index (χ0n) is 11.6. The van der Waals surface area contributed by atoms with Crippen LogP contribution < -0.4 is 10.9 Å². The van der Waals surface area contributed by atoms with Gasteiger partial charge in [-0.15, -0.1) is 0 Å². The molecule has 2 aromatic rings. The normalized spacial score (nSPS) is 10.3. The van der Waals surface area contributed by atoms with Gasteiger partial charge in [0.25, 0.3) is 11.5 Å². The number of carbonyl (C=O) groups is 1. The van der Waals surface area contributed by atoms with E-state index >= 15 is 0 Å². The Hall–Kier alpha value is -2.43. The Morgan fingerprint density at radius 3 is 2.65 bits per heavy atom. The first kappa shape index (κ1) is 14.0. The Morgan fingerprint density at radius 2 is 1.95 bits per heavy atom. The molecule has 0 atom stereocenters. The average molecular weight is 271 g/mol. The van der Waals surface area contributed by atoms with E-state index in [0.717, 1.165) is 5.69 Å². The molecular formula is C15H17N3O2. The molecule has 104 valence electrons. The molecule has 0 spiro atoms. The maximum atomic E-state index is 11.9. The summed E-state index contributed by atoms with van der Waals surface area (Å²) in [5, 5.41) is 2.78. The Kier molecular flexibility index (Phi) is 4.30. The van der Waals surface area contributed by atoms with Gasteiger partial charge in [-0.3, -0.25) is 14.2 Å². The van der Waals surface area contributed by atoms with Crippen LogP contribution in [0.2, 0.25) is 0 Å². The van der Waals surface area contributed by atoms with Crippen LogP contribution in [0.4, 0.5) is 0 Å². The van der Waals surface area contributed by atoms with Crippen LogP contribution in [0.3, 0.4) is 0 Å². The summed E-state index contributed by atoms with van der Waals surface area (Å²) in [6.07, 6.45) is 1.51. The first-order valence-corrected chi connectivity index (χ1v) is 6.45. The van der Waals surface area contributed by atoms with E-state index in [-0.39, 0.29) is 11.5 Å². The van der Waals surface area contributed by atoms with E-state index in [1.165, 1.54) is 10.9 Å². The first-order valence-electron chi connectivity index (χ1n) is 6.45. The number of amides is 1. The molecule has 2 rings (SSSR count). The largest absolute Gasteiger partial charge is 0.350 e. The molecule has 1 aromatic heterocycles. The fourth-order valence-corrected chi connectivity index (χ4v) is 1.82. The second-order valence-electron chi connectivity index (χ2n) is 4.58. The fourth-order valence-electron chi connectivity index (χ4n) is 1.82. The zero-order valence-corrected chi connectivity index (χ0v) is 11.6. The molecule has 0 bridgehead atoms. The Morgan fingerprint density at radius 1 is 1.25 bits per heavy atom. The van der Waals surface area contributed by atoms with Gasteiger partial charge < -0.3 is 5.32 Å². The van der Waals surface area contributed by atoms with Gasteiger partial charge in [-0.2, -0.15) is 0 Å². The third-order valence-electron chi connectivity index (χ3n) is 3.19. The highest BCUT2D eigenvalue weighted by molar-refractivity contribution is 5.94. The minimum atomic E-state index is -0.143. The number of hydrogen-bond donors (Lipinski definition) is 1. The lowest BCUT2D eigenvalue weighted by atomic mass is 10.2. The molecule has 1 amide bonds. The summed E-state index contributed by atoms with van der Waals surface area (Å²) in [6, 6.07) is 8.98. The standard InChI is InChI=1S/C15H17N3O2/c1-11-12(2)17-10-18(15(11)20)9-8-16-14(19)13-6-4-3-5-7-13/h3-7,10H,8-9H2,1-2H3,(H,16,19). The van der Waals surface area contributed by atoms with Crippen molar-refractivity contribution >= 4 is 5.91 Å². The summed E-state index contributed by atoms with van der Waals surface area (Å²) >= 11 is 0. The molecule has 5 nitrogen and oxygen atoms in total. The quantitative estimate of drug-likeness (QED) is 0.911. The summed E-state index contributed by atoms with van der Waals surface area (Å²) in [6.45, 7) is 4.35. The van der Waals surface area contributed by atoms with Crippen molar-refractivity contribution in [1.82, 2.24) is 14.9 Å². The van der Waals surface area contributed by atoms with Crippen molar-refractivity contribution in [3.05, 3.63) is 63.8 Å². The number of nitrogens with one attached hydrogen (secondary N) is 1. The van der Waals surface area contributed by atoms with E-state index in [0.29, 0.717) is 24.2 Å². The highest BCUT2D eigenvalue weighted by Crippen LogP contribution is 1.98. The molecular weight excluding hydrogens is 254 g/mol. The van der Waals surface area contributed by atoms with Crippen LogP contribution in [0.1, 0.15) is 21.6 Å². The number of aromatic nitrogens is 2. The van der Waals surface area contributed by atoms with Gasteiger partial charge in [0.05, 0.1) is 6.33 Å². The topological polar surface area (TPSA) is 64.0 Å². The molecule has 0 unspecified atom stereocenters. The molecule has 0 saturated carbocycles. The van der Waals surface area contributed by atoms with E-state index in [1.807, 2.05) is 18.2 Å². The van der Waals surface area contributed by atoms with Gasteiger partial charge in [0, 0.05) is 29.9 Å². The predicted molar refractivity (Wildman–Crippen MR) is 76.7 cm³/mol. The molecule has 5 heteroatoms. The Bertz CT molecular complexity index is 663. The highest BCUT2D eigenvalue weighted by atomic mass is 16.1. The van der Waals surface area contributed by atoms with Crippen LogP contribution in [0.25, 0.3) is 0 Å². The summed E-state index contributed by atoms with van der Waals surface area (Å²) in [7, 11) is 0. The average Bonchev–Trinajstić information content (AvgIpc) is 2.48. The van der Waals surface area contributed by atoms with Gasteiger partial charge in [0.2, 0.25) is 0 Å². The maximum absolute atomic E-state index is 11.9. The smallest absolute Gasteiger partial charge is 0.256 e. The number of rotatable bonds is 4. The number of benzene rings is 1. The summed E-state index contributed by atoms with van der Waals surface area (Å²) in [5.41, 5.74) is 1.92. The third kappa shape index (κ3) is 3.12. The van der Waals surface area contributed by atoms with Crippen molar-refractivity contribution in [2.24, 2.45) is 0 Å². The van der Waals surface area contributed by atoms with Crippen LogP contribution in [0.5, 0.6) is 0 Å². The van der Waals surface area contributed by atoms with Crippen LogP contribution in [-0.2, 0) is 6.54 Å². The fraction of sp³-hybridized carbons (Fsp3) is 0.267. The molecule has 0 aliphatic heterocycles. The number of aryl methyl sites for hydroxylation is 1. The van der Waals surface area contributed by atoms with E-state index < -0.39 is 0 Å². The summed E-state index contributed by atoms with van der Waals surface area (Å²) in [5.74, 6) is -0.143. The number of carbonyl (C=O) groups excluding carboxylic acids is 1. The molecule has 1 N–H and O–H groups in total. The van der Waals surface area contributed by atoms with Crippen LogP contribution in [-0.4, -0.2) is 22.0 Å². The van der Waals surface area contributed by atoms with E-state index in [9.17, 15) is 9.59 Å². The number of nitrogens with zero attached hydrogens (tertiary/aromatic N) is 2. The van der Waals surface area contributed by atoms with E-state index in [1.54, 1.807) is 26.0 Å².